The van der Waals surface area contributed by atoms with Crippen molar-refractivity contribution in [1.82, 2.24) is 5.32 Å². The van der Waals surface area contributed by atoms with E-state index in [0.717, 1.165) is 19.4 Å². The van der Waals surface area contributed by atoms with Gasteiger partial charge in [0, 0.05) is 29.8 Å². The summed E-state index contributed by atoms with van der Waals surface area (Å²) in [6.07, 6.45) is 2.63. The molecule has 148 valence electrons. The maximum atomic E-state index is 14.0. The van der Waals surface area contributed by atoms with Gasteiger partial charge in [-0.1, -0.05) is 30.3 Å². The number of nitrogens with one attached hydrogen (secondary N) is 1. The predicted molar refractivity (Wildman–Crippen MR) is 104 cm³/mol. The SMILES string of the molecule is NC(=O)c1ccc(F)c2c1C[C@@H](NC1CC(COCc3ccccc3)C1)CO2. The first-order valence-corrected chi connectivity index (χ1v) is 9.72. The molecule has 0 aromatic heterocycles. The molecule has 3 N–H and O–H groups in total. The predicted octanol–water partition coefficient (Wildman–Crippen LogP) is 2.81. The van der Waals surface area contributed by atoms with Gasteiger partial charge in [-0.3, -0.25) is 4.79 Å². The molecule has 4 rings (SSSR count). The smallest absolute Gasteiger partial charge is 0.249 e. The number of nitrogens with two attached hydrogens (primary N) is 1. The number of fused-ring (bicyclic) bond motifs is 1. The molecule has 1 fully saturated rings. The number of ether oxygens (including phenoxy) is 2. The average Bonchev–Trinajstić information content (AvgIpc) is 2.66. The van der Waals surface area contributed by atoms with Crippen molar-refractivity contribution in [2.45, 2.75) is 38.0 Å². The highest BCUT2D eigenvalue weighted by Gasteiger charge is 2.33. The Balaban J connectivity index is 1.24. The third kappa shape index (κ3) is 4.18. The fraction of sp³-hybridized carbons (Fsp3) is 0.409. The van der Waals surface area contributed by atoms with Gasteiger partial charge in [-0.15, -0.1) is 0 Å². The summed E-state index contributed by atoms with van der Waals surface area (Å²) in [4.78, 5) is 11.6. The lowest BCUT2D eigenvalue weighted by molar-refractivity contribution is 0.0405. The summed E-state index contributed by atoms with van der Waals surface area (Å²) in [6, 6.07) is 13.3. The molecule has 2 aromatic rings. The van der Waals surface area contributed by atoms with E-state index in [1.54, 1.807) is 0 Å². The van der Waals surface area contributed by atoms with Crippen LogP contribution in [-0.2, 0) is 17.8 Å². The van der Waals surface area contributed by atoms with Crippen molar-refractivity contribution in [3.8, 4) is 5.75 Å². The summed E-state index contributed by atoms with van der Waals surface area (Å²) >= 11 is 0. The lowest BCUT2D eigenvalue weighted by Gasteiger charge is -2.39. The zero-order chi connectivity index (χ0) is 19.5. The van der Waals surface area contributed by atoms with Crippen molar-refractivity contribution >= 4 is 5.91 Å². The molecule has 1 aliphatic heterocycles. The Bertz CT molecular complexity index is 837. The monoisotopic (exact) mass is 384 g/mol. The summed E-state index contributed by atoms with van der Waals surface area (Å²) < 4.78 is 25.4. The van der Waals surface area contributed by atoms with Crippen molar-refractivity contribution in [1.29, 1.82) is 0 Å². The standard InChI is InChI=1S/C22H25FN2O3/c23-20-7-6-18(22(24)26)19-10-17(13-28-21(19)20)25-16-8-15(9-16)12-27-11-14-4-2-1-3-5-14/h1-7,15-17,25H,8-13H2,(H2,24,26)/t15?,16?,17-/m1/s1. The van der Waals surface area contributed by atoms with E-state index in [9.17, 15) is 9.18 Å². The zero-order valence-corrected chi connectivity index (χ0v) is 15.7. The number of primary amides is 1. The van der Waals surface area contributed by atoms with Crippen LogP contribution in [0.4, 0.5) is 4.39 Å². The second kappa shape index (κ2) is 8.29. The molecular weight excluding hydrogens is 359 g/mol. The molecule has 0 unspecified atom stereocenters. The molecule has 1 heterocycles. The largest absolute Gasteiger partial charge is 0.489 e. The fourth-order valence-electron chi connectivity index (χ4n) is 4.04. The molecule has 2 aromatic carbocycles. The highest BCUT2D eigenvalue weighted by atomic mass is 19.1. The molecule has 0 saturated heterocycles. The van der Waals surface area contributed by atoms with E-state index in [-0.39, 0.29) is 11.8 Å². The second-order valence-electron chi connectivity index (χ2n) is 7.68. The van der Waals surface area contributed by atoms with Crippen LogP contribution in [0.1, 0.15) is 34.3 Å². The number of carbonyl (C=O) groups excluding carboxylic acids is 1. The van der Waals surface area contributed by atoms with Crippen molar-refractivity contribution in [3.63, 3.8) is 0 Å². The van der Waals surface area contributed by atoms with Crippen LogP contribution >= 0.6 is 0 Å². The molecule has 1 saturated carbocycles. The van der Waals surface area contributed by atoms with Crippen LogP contribution in [0.3, 0.4) is 0 Å². The minimum atomic E-state index is -0.556. The molecule has 6 heteroatoms. The molecular formula is C22H25FN2O3. The maximum Gasteiger partial charge on any atom is 0.249 e. The molecule has 0 spiro atoms. The number of hydrogen-bond acceptors (Lipinski definition) is 4. The second-order valence-corrected chi connectivity index (χ2v) is 7.68. The zero-order valence-electron chi connectivity index (χ0n) is 15.7. The topological polar surface area (TPSA) is 73.6 Å². The Morgan fingerprint density at radius 1 is 1.18 bits per heavy atom. The number of halogens is 1. The van der Waals surface area contributed by atoms with Gasteiger partial charge in [-0.25, -0.2) is 4.39 Å². The van der Waals surface area contributed by atoms with Crippen LogP contribution in [0.5, 0.6) is 5.75 Å². The van der Waals surface area contributed by atoms with E-state index in [1.807, 2.05) is 18.2 Å². The van der Waals surface area contributed by atoms with Gasteiger partial charge in [0.1, 0.15) is 6.61 Å². The molecule has 5 nitrogen and oxygen atoms in total. The van der Waals surface area contributed by atoms with E-state index in [4.69, 9.17) is 15.2 Å². The third-order valence-corrected chi connectivity index (χ3v) is 5.53. The number of hydrogen-bond donors (Lipinski definition) is 2. The minimum absolute atomic E-state index is 0.0450. The van der Waals surface area contributed by atoms with Crippen molar-refractivity contribution in [3.05, 3.63) is 65.0 Å². The summed E-state index contributed by atoms with van der Waals surface area (Å²) in [5.74, 6) is -0.288. The van der Waals surface area contributed by atoms with Gasteiger partial charge in [0.05, 0.1) is 6.61 Å². The Labute approximate surface area is 164 Å². The van der Waals surface area contributed by atoms with Crippen molar-refractivity contribution in [2.24, 2.45) is 11.7 Å². The third-order valence-electron chi connectivity index (χ3n) is 5.53. The molecule has 1 amide bonds. The van der Waals surface area contributed by atoms with Crippen LogP contribution in [0, 0.1) is 11.7 Å². The van der Waals surface area contributed by atoms with Gasteiger partial charge in [0.25, 0.3) is 0 Å². The Morgan fingerprint density at radius 2 is 1.96 bits per heavy atom. The Kier molecular flexibility index (Phi) is 5.59. The van der Waals surface area contributed by atoms with Gasteiger partial charge >= 0.3 is 0 Å². The van der Waals surface area contributed by atoms with E-state index in [0.29, 0.717) is 42.7 Å². The average molecular weight is 384 g/mol. The minimum Gasteiger partial charge on any atom is -0.489 e. The quantitative estimate of drug-likeness (QED) is 0.770. The van der Waals surface area contributed by atoms with Crippen LogP contribution < -0.4 is 15.8 Å². The van der Waals surface area contributed by atoms with Gasteiger partial charge in [0.2, 0.25) is 5.91 Å². The van der Waals surface area contributed by atoms with E-state index < -0.39 is 11.7 Å². The van der Waals surface area contributed by atoms with Crippen LogP contribution in [-0.4, -0.2) is 31.2 Å². The molecule has 2 aliphatic rings. The highest BCUT2D eigenvalue weighted by molar-refractivity contribution is 5.95. The molecule has 1 aliphatic carbocycles. The normalized spacial score (nSPS) is 23.4. The van der Waals surface area contributed by atoms with Gasteiger partial charge in [0.15, 0.2) is 11.6 Å². The van der Waals surface area contributed by atoms with Crippen LogP contribution in [0.2, 0.25) is 0 Å². The first-order chi connectivity index (χ1) is 13.6. The van der Waals surface area contributed by atoms with E-state index in [2.05, 4.69) is 17.4 Å². The van der Waals surface area contributed by atoms with Crippen molar-refractivity contribution in [2.75, 3.05) is 13.2 Å². The molecule has 28 heavy (non-hydrogen) atoms. The Hall–Kier alpha value is -2.44. The lowest BCUT2D eigenvalue weighted by Crippen LogP contribution is -2.51. The maximum absolute atomic E-state index is 14.0. The number of amides is 1. The number of carbonyl (C=O) groups is 1. The first kappa shape index (κ1) is 18.9. The van der Waals surface area contributed by atoms with E-state index >= 15 is 0 Å². The summed E-state index contributed by atoms with van der Waals surface area (Å²) in [5, 5.41) is 3.56. The lowest BCUT2D eigenvalue weighted by atomic mass is 9.80. The first-order valence-electron chi connectivity index (χ1n) is 9.72. The summed E-state index contributed by atoms with van der Waals surface area (Å²) in [6.45, 7) is 1.79. The molecule has 1 atom stereocenters. The van der Waals surface area contributed by atoms with E-state index in [1.165, 1.54) is 17.7 Å². The highest BCUT2D eigenvalue weighted by Crippen LogP contribution is 2.33. The number of rotatable bonds is 7. The molecule has 0 radical (unpaired) electrons. The van der Waals surface area contributed by atoms with Crippen LogP contribution in [0.25, 0.3) is 0 Å². The van der Waals surface area contributed by atoms with Crippen LogP contribution in [0.15, 0.2) is 42.5 Å². The summed E-state index contributed by atoms with van der Waals surface area (Å²) in [7, 11) is 0. The van der Waals surface area contributed by atoms with Gasteiger partial charge < -0.3 is 20.5 Å². The van der Waals surface area contributed by atoms with Gasteiger partial charge in [-0.05, 0) is 42.9 Å². The fourth-order valence-corrected chi connectivity index (χ4v) is 4.04. The Morgan fingerprint density at radius 3 is 2.71 bits per heavy atom. The van der Waals surface area contributed by atoms with Crippen molar-refractivity contribution < 1.29 is 18.7 Å². The number of benzene rings is 2. The molecule has 0 bridgehead atoms. The van der Waals surface area contributed by atoms with Gasteiger partial charge in [-0.2, -0.15) is 0 Å². The summed E-state index contributed by atoms with van der Waals surface area (Å²) in [5.41, 5.74) is 7.52.